The van der Waals surface area contributed by atoms with Crippen LogP contribution in [0.2, 0.25) is 0 Å². The van der Waals surface area contributed by atoms with E-state index in [4.69, 9.17) is 4.74 Å². The van der Waals surface area contributed by atoms with Crippen LogP contribution in [0.3, 0.4) is 0 Å². The Kier molecular flexibility index (Phi) is 5.56. The average Bonchev–Trinajstić information content (AvgIpc) is 2.98. The molecule has 1 aromatic rings. The third kappa shape index (κ3) is 4.31. The molecule has 18 heavy (non-hydrogen) atoms. The molecule has 5 heteroatoms. The molecule has 0 aromatic carbocycles. The summed E-state index contributed by atoms with van der Waals surface area (Å²) >= 11 is 1.74. The second-order valence-corrected chi connectivity index (χ2v) is 5.88. The van der Waals surface area contributed by atoms with E-state index in [0.717, 1.165) is 32.8 Å². The van der Waals surface area contributed by atoms with Crippen molar-refractivity contribution in [2.45, 2.75) is 32.4 Å². The van der Waals surface area contributed by atoms with E-state index in [1.165, 1.54) is 23.4 Å². The molecule has 1 aromatic heterocycles. The summed E-state index contributed by atoms with van der Waals surface area (Å²) in [7, 11) is 2.16. The van der Waals surface area contributed by atoms with Crippen molar-refractivity contribution in [2.24, 2.45) is 0 Å². The van der Waals surface area contributed by atoms with Gasteiger partial charge in [-0.15, -0.1) is 11.3 Å². The minimum absolute atomic E-state index is 0.444. The summed E-state index contributed by atoms with van der Waals surface area (Å²) in [4.78, 5) is 7.99. The van der Waals surface area contributed by atoms with Crippen LogP contribution < -0.4 is 5.32 Å². The zero-order valence-corrected chi connectivity index (χ0v) is 12.1. The molecule has 1 aliphatic heterocycles. The molecule has 2 heterocycles. The molecular weight excluding hydrogens is 246 g/mol. The van der Waals surface area contributed by atoms with Gasteiger partial charge in [0.15, 0.2) is 0 Å². The molecule has 0 saturated carbocycles. The highest BCUT2D eigenvalue weighted by atomic mass is 32.1. The van der Waals surface area contributed by atoms with Gasteiger partial charge in [0.25, 0.3) is 0 Å². The van der Waals surface area contributed by atoms with Crippen LogP contribution in [0, 0.1) is 6.92 Å². The van der Waals surface area contributed by atoms with Gasteiger partial charge in [0.1, 0.15) is 0 Å². The molecule has 4 nitrogen and oxygen atoms in total. The van der Waals surface area contributed by atoms with E-state index in [2.05, 4.69) is 29.2 Å². The molecule has 1 unspecified atom stereocenters. The van der Waals surface area contributed by atoms with Gasteiger partial charge in [0, 0.05) is 37.7 Å². The van der Waals surface area contributed by atoms with E-state index in [-0.39, 0.29) is 0 Å². The van der Waals surface area contributed by atoms with Crippen LogP contribution in [0.25, 0.3) is 0 Å². The summed E-state index contributed by atoms with van der Waals surface area (Å²) in [6.45, 7) is 7.09. The predicted octanol–water partition coefficient (Wildman–Crippen LogP) is 1.65. The number of hydrogen-bond donors (Lipinski definition) is 1. The first-order chi connectivity index (χ1) is 8.75. The number of nitrogens with zero attached hydrogens (tertiary/aromatic N) is 2. The smallest absolute Gasteiger partial charge is 0.0798 e. The summed E-state index contributed by atoms with van der Waals surface area (Å²) in [6, 6.07) is 0. The molecule has 1 aliphatic rings. The van der Waals surface area contributed by atoms with Gasteiger partial charge in [-0.25, -0.2) is 4.98 Å². The maximum Gasteiger partial charge on any atom is 0.0798 e. The SMILES string of the molecule is Cc1ncsc1CN(C)CCNCC1CCCO1. The van der Waals surface area contributed by atoms with E-state index in [0.29, 0.717) is 6.10 Å². The van der Waals surface area contributed by atoms with Crippen LogP contribution >= 0.6 is 11.3 Å². The summed E-state index contributed by atoms with van der Waals surface area (Å²) in [5.74, 6) is 0. The highest BCUT2D eigenvalue weighted by Gasteiger charge is 2.14. The van der Waals surface area contributed by atoms with Gasteiger partial charge < -0.3 is 10.1 Å². The van der Waals surface area contributed by atoms with E-state index in [1.54, 1.807) is 11.3 Å². The van der Waals surface area contributed by atoms with E-state index < -0.39 is 0 Å². The van der Waals surface area contributed by atoms with Crippen LogP contribution in [0.5, 0.6) is 0 Å². The highest BCUT2D eigenvalue weighted by Crippen LogP contribution is 2.13. The van der Waals surface area contributed by atoms with Crippen molar-refractivity contribution in [1.29, 1.82) is 0 Å². The molecule has 1 atom stereocenters. The number of rotatable bonds is 7. The fourth-order valence-electron chi connectivity index (χ4n) is 2.14. The average molecular weight is 269 g/mol. The van der Waals surface area contributed by atoms with Gasteiger partial charge in [-0.2, -0.15) is 0 Å². The van der Waals surface area contributed by atoms with Crippen LogP contribution in [-0.4, -0.2) is 49.3 Å². The van der Waals surface area contributed by atoms with Crippen molar-refractivity contribution in [3.8, 4) is 0 Å². The minimum atomic E-state index is 0.444. The van der Waals surface area contributed by atoms with Crippen molar-refractivity contribution >= 4 is 11.3 Å². The minimum Gasteiger partial charge on any atom is -0.377 e. The Labute approximate surface area is 113 Å². The second kappa shape index (κ2) is 7.19. The van der Waals surface area contributed by atoms with Gasteiger partial charge in [-0.1, -0.05) is 0 Å². The van der Waals surface area contributed by atoms with Gasteiger partial charge in [-0.05, 0) is 26.8 Å². The third-order valence-corrected chi connectivity index (χ3v) is 4.24. The van der Waals surface area contributed by atoms with Crippen molar-refractivity contribution in [2.75, 3.05) is 33.3 Å². The lowest BCUT2D eigenvalue weighted by molar-refractivity contribution is 0.109. The standard InChI is InChI=1S/C13H23N3OS/c1-11-13(18-10-15-11)9-16(2)6-5-14-8-12-4-3-7-17-12/h10,12,14H,3-9H2,1-2H3. The molecule has 0 aliphatic carbocycles. The van der Waals surface area contributed by atoms with Crippen molar-refractivity contribution in [3.05, 3.63) is 16.1 Å². The Morgan fingerprint density at radius 1 is 1.61 bits per heavy atom. The van der Waals surface area contributed by atoms with Gasteiger partial charge in [-0.3, -0.25) is 4.90 Å². The lowest BCUT2D eigenvalue weighted by atomic mass is 10.2. The lowest BCUT2D eigenvalue weighted by Crippen LogP contribution is -2.33. The Balaban J connectivity index is 1.57. The number of ether oxygens (including phenoxy) is 1. The fourth-order valence-corrected chi connectivity index (χ4v) is 3.00. The van der Waals surface area contributed by atoms with Gasteiger partial charge in [0.2, 0.25) is 0 Å². The van der Waals surface area contributed by atoms with Crippen molar-refractivity contribution in [3.63, 3.8) is 0 Å². The Morgan fingerprint density at radius 2 is 2.50 bits per heavy atom. The zero-order chi connectivity index (χ0) is 12.8. The number of nitrogens with one attached hydrogen (secondary N) is 1. The Morgan fingerprint density at radius 3 is 3.17 bits per heavy atom. The number of aryl methyl sites for hydroxylation is 1. The molecule has 0 spiro atoms. The molecule has 0 amide bonds. The fraction of sp³-hybridized carbons (Fsp3) is 0.769. The summed E-state index contributed by atoms with van der Waals surface area (Å²) in [5.41, 5.74) is 3.09. The maximum atomic E-state index is 5.58. The Bertz CT molecular complexity index is 350. The predicted molar refractivity (Wildman–Crippen MR) is 75.0 cm³/mol. The first kappa shape index (κ1) is 13.9. The lowest BCUT2D eigenvalue weighted by Gasteiger charge is -2.17. The highest BCUT2D eigenvalue weighted by molar-refractivity contribution is 7.09. The van der Waals surface area contributed by atoms with Gasteiger partial charge >= 0.3 is 0 Å². The summed E-state index contributed by atoms with van der Waals surface area (Å²) in [6.07, 6.45) is 2.87. The van der Waals surface area contributed by atoms with Crippen LogP contribution in [0.1, 0.15) is 23.4 Å². The molecule has 1 saturated heterocycles. The normalized spacial score (nSPS) is 19.8. The first-order valence-electron chi connectivity index (χ1n) is 6.65. The Hall–Kier alpha value is -0.490. The quantitative estimate of drug-likeness (QED) is 0.764. The molecule has 0 bridgehead atoms. The summed E-state index contributed by atoms with van der Waals surface area (Å²) < 4.78 is 5.58. The monoisotopic (exact) mass is 269 g/mol. The topological polar surface area (TPSA) is 37.4 Å². The molecule has 2 rings (SSSR count). The van der Waals surface area contributed by atoms with Gasteiger partial charge in [0.05, 0.1) is 17.3 Å². The third-order valence-electron chi connectivity index (χ3n) is 3.32. The van der Waals surface area contributed by atoms with E-state index in [1.807, 2.05) is 5.51 Å². The molecule has 1 N–H and O–H groups in total. The largest absolute Gasteiger partial charge is 0.377 e. The number of aromatic nitrogens is 1. The van der Waals surface area contributed by atoms with E-state index >= 15 is 0 Å². The van der Waals surface area contributed by atoms with Crippen LogP contribution in [-0.2, 0) is 11.3 Å². The number of thiazole rings is 1. The number of likely N-dealkylation sites (N-methyl/N-ethyl adjacent to an activating group) is 1. The zero-order valence-electron chi connectivity index (χ0n) is 11.3. The molecular formula is C13H23N3OS. The maximum absolute atomic E-state index is 5.58. The molecule has 1 fully saturated rings. The second-order valence-electron chi connectivity index (χ2n) is 4.94. The first-order valence-corrected chi connectivity index (χ1v) is 7.53. The van der Waals surface area contributed by atoms with Crippen LogP contribution in [0.4, 0.5) is 0 Å². The van der Waals surface area contributed by atoms with Crippen LogP contribution in [0.15, 0.2) is 5.51 Å². The molecule has 102 valence electrons. The van der Waals surface area contributed by atoms with E-state index in [9.17, 15) is 0 Å². The van der Waals surface area contributed by atoms with Crippen molar-refractivity contribution in [1.82, 2.24) is 15.2 Å². The number of hydrogen-bond acceptors (Lipinski definition) is 5. The summed E-state index contributed by atoms with van der Waals surface area (Å²) in [5, 5.41) is 3.47. The molecule has 0 radical (unpaired) electrons. The van der Waals surface area contributed by atoms with Crippen molar-refractivity contribution < 1.29 is 4.74 Å².